The molecule has 21 nitrogen and oxygen atoms in total. The maximum atomic E-state index is 13.0. The number of hydrogen-bond donors (Lipinski definition) is 10. The normalized spacial score (nSPS) is 18.7. The third-order valence-electron chi connectivity index (χ3n) is 10.6. The number of carbonyl (C=O) groups is 9. The molecule has 0 aromatic heterocycles. The van der Waals surface area contributed by atoms with Crippen molar-refractivity contribution < 1.29 is 58.1 Å². The molecule has 1 fully saturated rings. The second-order valence-electron chi connectivity index (χ2n) is 16.0. The Morgan fingerprint density at radius 2 is 1.65 bits per heavy atom. The number of primary amides is 1. The summed E-state index contributed by atoms with van der Waals surface area (Å²) in [5, 5.41) is 36.0. The smallest absolute Gasteiger partial charge is 0.310 e. The molecule has 0 bridgehead atoms. The Hall–Kier alpha value is -6.68. The van der Waals surface area contributed by atoms with E-state index in [2.05, 4.69) is 80.9 Å². The maximum absolute atomic E-state index is 13.0. The first-order valence-electron chi connectivity index (χ1n) is 21.6. The molecule has 3 heterocycles. The van der Waals surface area contributed by atoms with Crippen LogP contribution in [0.1, 0.15) is 82.4 Å². The summed E-state index contributed by atoms with van der Waals surface area (Å²) < 4.78 is 4.32. The number of aryl methyl sites for hydroxylation is 2. The molecule has 0 radical (unpaired) electrons. The standard InChI is InChI=1S/C20H28N6O6S.C19H26N2O2.C5H7NO4/c1-12-2-4-13(5-3-12)25-20(33)22-9-8-16(28)26-14(6-7-18(30)31)19(32)24-11-17(29)23-10-15(21)27;1-4-12(2)10-17(22)20-16-9-8-14-6-5-7-15-11-13(3)21(18(14)15)19(16)23;7-2-6-3-1-4(8)10-5(3)9/h2-5,14H,6-11H2,1H3,(H2,21,27)(H,23,29)(H,24,32)(H,26,28)(H,30,31)(H2,22,25,33);5-7,12-13,16H,4,8-11H2,1-3H3,(H,20,22);2-3,5,9H,1H2,(H,6,7). The van der Waals surface area contributed by atoms with Gasteiger partial charge in [0.1, 0.15) is 18.1 Å². The predicted molar refractivity (Wildman–Crippen MR) is 245 cm³/mol. The molecule has 11 N–H and O–H groups in total. The lowest BCUT2D eigenvalue weighted by Gasteiger charge is -2.26. The van der Waals surface area contributed by atoms with E-state index in [0.29, 0.717) is 30.3 Å². The first-order valence-corrected chi connectivity index (χ1v) is 22.0. The van der Waals surface area contributed by atoms with Gasteiger partial charge in [0.2, 0.25) is 48.1 Å². The quantitative estimate of drug-likeness (QED) is 0.0501. The minimum Gasteiger partial charge on any atom is -0.481 e. The molecule has 2 aromatic rings. The fourth-order valence-corrected chi connectivity index (χ4v) is 7.15. The molecule has 6 atom stereocenters. The van der Waals surface area contributed by atoms with E-state index in [1.165, 1.54) is 11.1 Å². The number of nitrogens with two attached hydrogens (primary N) is 1. The van der Waals surface area contributed by atoms with Gasteiger partial charge in [-0.3, -0.25) is 43.2 Å². The number of cyclic esters (lactones) is 1. The summed E-state index contributed by atoms with van der Waals surface area (Å²) in [5.74, 6) is -3.89. The average Bonchev–Trinajstić information content (AvgIpc) is 3.73. The van der Waals surface area contributed by atoms with Crippen LogP contribution in [0.4, 0.5) is 11.4 Å². The van der Waals surface area contributed by atoms with Crippen molar-refractivity contribution in [2.24, 2.45) is 11.7 Å². The highest BCUT2D eigenvalue weighted by Crippen LogP contribution is 2.38. The van der Waals surface area contributed by atoms with E-state index in [1.807, 2.05) is 36.1 Å². The van der Waals surface area contributed by atoms with Gasteiger partial charge in [-0.1, -0.05) is 56.2 Å². The molecule has 3 aliphatic rings. The summed E-state index contributed by atoms with van der Waals surface area (Å²) in [7, 11) is 0. The Morgan fingerprint density at radius 3 is 2.27 bits per heavy atom. The van der Waals surface area contributed by atoms with Crippen LogP contribution in [0.3, 0.4) is 0 Å². The van der Waals surface area contributed by atoms with Crippen LogP contribution in [-0.2, 0) is 60.7 Å². The van der Waals surface area contributed by atoms with Gasteiger partial charge in [0.05, 0.1) is 25.2 Å². The zero-order valence-electron chi connectivity index (χ0n) is 37.5. The Bertz CT molecular complexity index is 2070. The summed E-state index contributed by atoms with van der Waals surface area (Å²) in [4.78, 5) is 105. The van der Waals surface area contributed by atoms with Crippen LogP contribution in [0.15, 0.2) is 42.5 Å². The van der Waals surface area contributed by atoms with E-state index in [9.17, 15) is 43.2 Å². The van der Waals surface area contributed by atoms with Crippen LogP contribution < -0.4 is 47.9 Å². The van der Waals surface area contributed by atoms with Crippen molar-refractivity contribution in [2.75, 3.05) is 29.9 Å². The lowest BCUT2D eigenvalue weighted by atomic mass is 10.0. The third kappa shape index (κ3) is 18.1. The van der Waals surface area contributed by atoms with E-state index in [4.69, 9.17) is 28.2 Å². The Balaban J connectivity index is 0.000000299. The summed E-state index contributed by atoms with van der Waals surface area (Å²) in [6, 6.07) is 11.9. The van der Waals surface area contributed by atoms with E-state index >= 15 is 0 Å². The van der Waals surface area contributed by atoms with Gasteiger partial charge in [-0.25, -0.2) is 0 Å². The van der Waals surface area contributed by atoms with Gasteiger partial charge in [0, 0.05) is 37.5 Å². The molecule has 22 heteroatoms. The number of aliphatic hydroxyl groups is 1. The fraction of sp³-hybridized carbons (Fsp3) is 0.500. The van der Waals surface area contributed by atoms with Crippen molar-refractivity contribution in [3.8, 4) is 0 Å². The number of nitrogens with zero attached hydrogens (tertiary/aromatic N) is 1. The number of para-hydroxylation sites is 1. The van der Waals surface area contributed by atoms with E-state index < -0.39 is 66.5 Å². The van der Waals surface area contributed by atoms with Crippen LogP contribution >= 0.6 is 12.2 Å². The summed E-state index contributed by atoms with van der Waals surface area (Å²) in [6.07, 6.45) is 2.61. The van der Waals surface area contributed by atoms with Crippen LogP contribution in [0.25, 0.3) is 0 Å². The molecule has 3 aliphatic heterocycles. The number of carbonyl (C=O) groups excluding carboxylic acids is 8. The topological polar surface area (TPSA) is 317 Å². The SMILES string of the molecule is CCC(C)CC(=O)NC1CCc2cccc3c2N(C1=O)C(C)C3.Cc1ccc(NC(=S)NCCC(=O)NC(CCC(=O)O)C(=O)NCC(=O)NCC(N)=O)cc1.O=CNC1CC(=O)OC1O. The Labute approximate surface area is 388 Å². The van der Waals surface area contributed by atoms with Gasteiger partial charge in [0.25, 0.3) is 0 Å². The number of carboxylic acids is 1. The number of rotatable bonds is 19. The van der Waals surface area contributed by atoms with Crippen molar-refractivity contribution in [1.82, 2.24) is 31.9 Å². The minimum absolute atomic E-state index is 0.00395. The van der Waals surface area contributed by atoms with Crippen molar-refractivity contribution in [1.29, 1.82) is 0 Å². The number of anilines is 2. The Morgan fingerprint density at radius 1 is 0.955 bits per heavy atom. The monoisotopic (exact) mass is 939 g/mol. The molecule has 0 spiro atoms. The second kappa shape index (κ2) is 27.0. The average molecular weight is 940 g/mol. The minimum atomic E-state index is -1.18. The molecule has 1 saturated heterocycles. The van der Waals surface area contributed by atoms with Crippen molar-refractivity contribution in [3.05, 3.63) is 59.2 Å². The molecule has 360 valence electrons. The molecule has 5 rings (SSSR count). The van der Waals surface area contributed by atoms with E-state index in [0.717, 1.165) is 36.2 Å². The van der Waals surface area contributed by atoms with Crippen molar-refractivity contribution >= 4 is 82.5 Å². The van der Waals surface area contributed by atoms with Gasteiger partial charge >= 0.3 is 11.9 Å². The number of aliphatic hydroxyl groups excluding tert-OH is 1. The highest BCUT2D eigenvalue weighted by atomic mass is 32.1. The third-order valence-corrected chi connectivity index (χ3v) is 10.8. The number of hydrogen-bond acceptors (Lipinski definition) is 12. The molecule has 0 saturated carbocycles. The molecular formula is C44H61N9O12S. The van der Waals surface area contributed by atoms with Crippen molar-refractivity contribution in [2.45, 2.75) is 116 Å². The highest BCUT2D eigenvalue weighted by Gasteiger charge is 2.39. The van der Waals surface area contributed by atoms with Gasteiger partial charge in [-0.05, 0) is 80.9 Å². The number of thiocarbonyl (C=S) groups is 1. The van der Waals surface area contributed by atoms with Gasteiger partial charge in [-0.15, -0.1) is 0 Å². The molecule has 66 heavy (non-hydrogen) atoms. The zero-order chi connectivity index (χ0) is 48.9. The van der Waals surface area contributed by atoms with E-state index in [1.54, 1.807) is 0 Å². The number of nitrogens with one attached hydrogen (secondary N) is 7. The maximum Gasteiger partial charge on any atom is 0.310 e. The number of benzene rings is 2. The van der Waals surface area contributed by atoms with Crippen molar-refractivity contribution in [3.63, 3.8) is 0 Å². The van der Waals surface area contributed by atoms with E-state index in [-0.39, 0.29) is 56.6 Å². The van der Waals surface area contributed by atoms with Crippen LogP contribution in [0.5, 0.6) is 0 Å². The summed E-state index contributed by atoms with van der Waals surface area (Å²) >= 11 is 5.17. The number of esters is 1. The van der Waals surface area contributed by atoms with Crippen LogP contribution in [0, 0.1) is 12.8 Å². The van der Waals surface area contributed by atoms with Gasteiger partial charge < -0.3 is 62.8 Å². The highest BCUT2D eigenvalue weighted by molar-refractivity contribution is 7.80. The van der Waals surface area contributed by atoms with Crippen LogP contribution in [0.2, 0.25) is 0 Å². The molecular weight excluding hydrogens is 879 g/mol. The molecule has 6 unspecified atom stereocenters. The largest absolute Gasteiger partial charge is 0.481 e. The molecule has 2 aromatic carbocycles. The first kappa shape index (κ1) is 53.7. The number of ether oxygens (including phenoxy) is 1. The van der Waals surface area contributed by atoms with Gasteiger partial charge in [-0.2, -0.15) is 0 Å². The van der Waals surface area contributed by atoms with Gasteiger partial charge in [0.15, 0.2) is 5.11 Å². The molecule has 7 amide bonds. The lowest BCUT2D eigenvalue weighted by Crippen LogP contribution is -2.50. The predicted octanol–water partition coefficient (Wildman–Crippen LogP) is -0.0635. The number of carboxylic acid groups (broad SMARTS) is 1. The van der Waals surface area contributed by atoms with Crippen LogP contribution in [-0.4, -0.2) is 119 Å². The number of amides is 7. The fourth-order valence-electron chi connectivity index (χ4n) is 6.93. The number of aliphatic carboxylic acids is 1. The zero-order valence-corrected chi connectivity index (χ0v) is 38.3. The summed E-state index contributed by atoms with van der Waals surface area (Å²) in [5.41, 5.74) is 10.4. The summed E-state index contributed by atoms with van der Waals surface area (Å²) in [6.45, 7) is 7.52. The first-order chi connectivity index (χ1) is 31.3. The lowest BCUT2D eigenvalue weighted by molar-refractivity contribution is -0.155. The second-order valence-corrected chi connectivity index (χ2v) is 16.5. The molecule has 0 aliphatic carbocycles. The Kier molecular flexibility index (Phi) is 21.9.